The maximum absolute atomic E-state index is 12.4. The lowest BCUT2D eigenvalue weighted by molar-refractivity contribution is -0.126. The Bertz CT molecular complexity index is 809. The molecule has 3 rings (SSSR count). The van der Waals surface area contributed by atoms with Crippen molar-refractivity contribution in [2.45, 2.75) is 13.0 Å². The van der Waals surface area contributed by atoms with Gasteiger partial charge in [0.25, 0.3) is 0 Å². The molecule has 1 N–H and O–H groups in total. The first kappa shape index (κ1) is 18.1. The molecule has 1 aromatic carbocycles. The summed E-state index contributed by atoms with van der Waals surface area (Å²) in [5.41, 5.74) is 0.747. The average Bonchev–Trinajstić information content (AvgIpc) is 3.02. The van der Waals surface area contributed by atoms with Crippen LogP contribution in [0.4, 0.5) is 11.5 Å². The summed E-state index contributed by atoms with van der Waals surface area (Å²) in [6.07, 6.45) is 1.85. The highest BCUT2D eigenvalue weighted by Gasteiger charge is 2.35. The molecule has 1 saturated heterocycles. The van der Waals surface area contributed by atoms with E-state index in [2.05, 4.69) is 15.3 Å². The van der Waals surface area contributed by atoms with E-state index in [1.165, 1.54) is 0 Å². The lowest BCUT2D eigenvalue weighted by Gasteiger charge is -2.17. The quantitative estimate of drug-likeness (QED) is 0.865. The number of anilines is 2. The number of amides is 2. The van der Waals surface area contributed by atoms with Gasteiger partial charge in [-0.3, -0.25) is 9.59 Å². The van der Waals surface area contributed by atoms with Crippen LogP contribution in [0.25, 0.3) is 0 Å². The summed E-state index contributed by atoms with van der Waals surface area (Å²) in [5, 5.41) is 3.43. The summed E-state index contributed by atoms with van der Waals surface area (Å²) in [6.45, 7) is 0.580. The van der Waals surface area contributed by atoms with Gasteiger partial charge in [0.1, 0.15) is 11.6 Å². The Balaban J connectivity index is 1.60. The number of carbonyl (C=O) groups excluding carboxylic acids is 2. The molecule has 0 radical (unpaired) electrons. The molecule has 1 aliphatic rings. The molecule has 2 aromatic rings. The molecule has 8 heteroatoms. The largest absolute Gasteiger partial charge is 0.363 e. The second-order valence-electron chi connectivity index (χ2n) is 6.33. The van der Waals surface area contributed by atoms with Gasteiger partial charge < -0.3 is 15.1 Å². The second-order valence-corrected chi connectivity index (χ2v) is 6.76. The molecule has 2 amide bonds. The van der Waals surface area contributed by atoms with Gasteiger partial charge in [-0.25, -0.2) is 9.97 Å². The zero-order chi connectivity index (χ0) is 18.7. The number of hydrogen-bond donors (Lipinski definition) is 1. The molecule has 1 aromatic heterocycles. The van der Waals surface area contributed by atoms with Crippen molar-refractivity contribution in [2.24, 2.45) is 5.92 Å². The fourth-order valence-corrected chi connectivity index (χ4v) is 2.91. The van der Waals surface area contributed by atoms with Crippen LogP contribution in [0.5, 0.6) is 0 Å². The Morgan fingerprint density at radius 1 is 1.31 bits per heavy atom. The Morgan fingerprint density at radius 2 is 2.04 bits per heavy atom. The summed E-state index contributed by atoms with van der Waals surface area (Å²) in [5.74, 6) is 0.667. The van der Waals surface area contributed by atoms with Gasteiger partial charge in [-0.15, -0.1) is 0 Å². The summed E-state index contributed by atoms with van der Waals surface area (Å²) in [4.78, 5) is 36.7. The number of hydrogen-bond acceptors (Lipinski definition) is 5. The predicted octanol–water partition coefficient (Wildman–Crippen LogP) is 1.87. The SMILES string of the molecule is CN(C)c1ccnc(CNC(=O)C2CC(=O)N(c3ccc(Cl)cc3)C2)n1. The van der Waals surface area contributed by atoms with E-state index >= 15 is 0 Å². The van der Waals surface area contributed by atoms with Gasteiger partial charge >= 0.3 is 0 Å². The van der Waals surface area contributed by atoms with Gasteiger partial charge in [0.15, 0.2) is 0 Å². The first-order valence-corrected chi connectivity index (χ1v) is 8.64. The Labute approximate surface area is 157 Å². The molecule has 1 aliphatic heterocycles. The maximum Gasteiger partial charge on any atom is 0.227 e. The monoisotopic (exact) mass is 373 g/mol. The highest BCUT2D eigenvalue weighted by Crippen LogP contribution is 2.26. The molecule has 26 heavy (non-hydrogen) atoms. The summed E-state index contributed by atoms with van der Waals surface area (Å²) in [7, 11) is 3.78. The van der Waals surface area contributed by atoms with Gasteiger partial charge in [-0.2, -0.15) is 0 Å². The standard InChI is InChI=1S/C18H20ClN5O2/c1-23(2)16-7-8-20-15(22-16)10-21-18(26)12-9-17(25)24(11-12)14-5-3-13(19)4-6-14/h3-8,12H,9-11H2,1-2H3,(H,21,26). The van der Waals surface area contributed by atoms with Crippen molar-refractivity contribution >= 4 is 34.9 Å². The third-order valence-electron chi connectivity index (χ3n) is 4.20. The van der Waals surface area contributed by atoms with Gasteiger partial charge in [-0.1, -0.05) is 11.6 Å². The molecule has 1 unspecified atom stereocenters. The van der Waals surface area contributed by atoms with Crippen LogP contribution in [0.1, 0.15) is 12.2 Å². The van der Waals surface area contributed by atoms with Crippen LogP contribution < -0.4 is 15.1 Å². The number of rotatable bonds is 5. The lowest BCUT2D eigenvalue weighted by Crippen LogP contribution is -2.33. The highest BCUT2D eigenvalue weighted by atomic mass is 35.5. The minimum absolute atomic E-state index is 0.0710. The van der Waals surface area contributed by atoms with Crippen molar-refractivity contribution in [2.75, 3.05) is 30.4 Å². The van der Waals surface area contributed by atoms with E-state index in [9.17, 15) is 9.59 Å². The van der Waals surface area contributed by atoms with Crippen molar-refractivity contribution in [1.82, 2.24) is 15.3 Å². The Hall–Kier alpha value is -2.67. The first-order valence-electron chi connectivity index (χ1n) is 8.27. The number of aromatic nitrogens is 2. The zero-order valence-electron chi connectivity index (χ0n) is 14.6. The van der Waals surface area contributed by atoms with Crippen LogP contribution in [0, 0.1) is 5.92 Å². The van der Waals surface area contributed by atoms with E-state index in [0.717, 1.165) is 11.5 Å². The first-order chi connectivity index (χ1) is 12.4. The number of benzene rings is 1. The van der Waals surface area contributed by atoms with Crippen molar-refractivity contribution in [3.63, 3.8) is 0 Å². The van der Waals surface area contributed by atoms with E-state index in [1.807, 2.05) is 19.0 Å². The van der Waals surface area contributed by atoms with Gasteiger partial charge in [0.2, 0.25) is 11.8 Å². The fraction of sp³-hybridized carbons (Fsp3) is 0.333. The van der Waals surface area contributed by atoms with Gasteiger partial charge in [-0.05, 0) is 30.3 Å². The summed E-state index contributed by atoms with van der Waals surface area (Å²) in [6, 6.07) is 8.81. The third-order valence-corrected chi connectivity index (χ3v) is 4.46. The fourth-order valence-electron chi connectivity index (χ4n) is 2.79. The number of carbonyl (C=O) groups is 2. The van der Waals surface area contributed by atoms with E-state index < -0.39 is 5.92 Å². The molecule has 0 aliphatic carbocycles. The van der Waals surface area contributed by atoms with E-state index in [-0.39, 0.29) is 24.8 Å². The molecule has 0 bridgehead atoms. The minimum atomic E-state index is -0.393. The van der Waals surface area contributed by atoms with Crippen LogP contribution >= 0.6 is 11.6 Å². The number of nitrogens with one attached hydrogen (secondary N) is 1. The summed E-state index contributed by atoms with van der Waals surface area (Å²) < 4.78 is 0. The molecular formula is C18H20ClN5O2. The smallest absolute Gasteiger partial charge is 0.227 e. The van der Waals surface area contributed by atoms with E-state index in [4.69, 9.17) is 11.6 Å². The van der Waals surface area contributed by atoms with Crippen LogP contribution in [0.2, 0.25) is 5.02 Å². The molecule has 0 spiro atoms. The zero-order valence-corrected chi connectivity index (χ0v) is 15.4. The van der Waals surface area contributed by atoms with E-state index in [0.29, 0.717) is 17.4 Å². The minimum Gasteiger partial charge on any atom is -0.363 e. The van der Waals surface area contributed by atoms with Crippen LogP contribution in [-0.2, 0) is 16.1 Å². The van der Waals surface area contributed by atoms with Gasteiger partial charge in [0.05, 0.1) is 12.5 Å². The van der Waals surface area contributed by atoms with Crippen molar-refractivity contribution in [3.05, 3.63) is 47.4 Å². The molecular weight excluding hydrogens is 354 g/mol. The number of nitrogens with zero attached hydrogens (tertiary/aromatic N) is 4. The molecule has 2 heterocycles. The lowest BCUT2D eigenvalue weighted by atomic mass is 10.1. The maximum atomic E-state index is 12.4. The van der Waals surface area contributed by atoms with Gasteiger partial charge in [0, 0.05) is 44.0 Å². The van der Waals surface area contributed by atoms with Crippen molar-refractivity contribution in [3.8, 4) is 0 Å². The molecule has 1 fully saturated rings. The highest BCUT2D eigenvalue weighted by molar-refractivity contribution is 6.30. The predicted molar refractivity (Wildman–Crippen MR) is 100 cm³/mol. The molecule has 1 atom stereocenters. The average molecular weight is 374 g/mol. The third kappa shape index (κ3) is 4.11. The Kier molecular flexibility index (Phi) is 5.37. The van der Waals surface area contributed by atoms with Crippen LogP contribution in [-0.4, -0.2) is 42.4 Å². The number of halogens is 1. The van der Waals surface area contributed by atoms with Crippen molar-refractivity contribution < 1.29 is 9.59 Å². The Morgan fingerprint density at radius 3 is 2.73 bits per heavy atom. The normalized spacial score (nSPS) is 16.7. The topological polar surface area (TPSA) is 78.4 Å². The molecule has 0 saturated carbocycles. The van der Waals surface area contributed by atoms with Crippen molar-refractivity contribution in [1.29, 1.82) is 0 Å². The second kappa shape index (κ2) is 7.70. The van der Waals surface area contributed by atoms with Crippen LogP contribution in [0.3, 0.4) is 0 Å². The van der Waals surface area contributed by atoms with Crippen LogP contribution in [0.15, 0.2) is 36.5 Å². The molecule has 136 valence electrons. The van der Waals surface area contributed by atoms with E-state index in [1.54, 1.807) is 41.4 Å². The summed E-state index contributed by atoms with van der Waals surface area (Å²) >= 11 is 5.88. The molecule has 7 nitrogen and oxygen atoms in total.